The number of aryl methyl sites for hydroxylation is 3. The summed E-state index contributed by atoms with van der Waals surface area (Å²) in [5.74, 6) is 5.00. The van der Waals surface area contributed by atoms with E-state index in [1.807, 2.05) is 0 Å². The van der Waals surface area contributed by atoms with Gasteiger partial charge < -0.3 is 0 Å². The van der Waals surface area contributed by atoms with Crippen LogP contribution in [0.25, 0.3) is 0 Å². The van der Waals surface area contributed by atoms with Gasteiger partial charge in [0, 0.05) is 4.90 Å². The largest absolute Gasteiger partial charge is 0.229 e. The van der Waals surface area contributed by atoms with Gasteiger partial charge in [-0.2, -0.15) is 0 Å². The van der Waals surface area contributed by atoms with E-state index in [1.54, 1.807) is 0 Å². The van der Waals surface area contributed by atoms with Gasteiger partial charge >= 0.3 is 0 Å². The summed E-state index contributed by atoms with van der Waals surface area (Å²) in [6.45, 7) is 6.19. The zero-order valence-corrected chi connectivity index (χ0v) is 8.37. The smallest absolute Gasteiger partial charge is 0.0527 e. The molecule has 1 rings (SSSR count). The van der Waals surface area contributed by atoms with Crippen LogP contribution in [0, 0.1) is 20.8 Å². The predicted octanol–water partition coefficient (Wildman–Crippen LogP) is 2.51. The molecule has 12 heavy (non-hydrogen) atoms. The van der Waals surface area contributed by atoms with Gasteiger partial charge in [-0.3, -0.25) is 0 Å². The molecule has 0 aliphatic carbocycles. The lowest BCUT2D eigenvalue weighted by atomic mass is 10.1. The molecular formula is C9H13NOS. The van der Waals surface area contributed by atoms with Crippen molar-refractivity contribution in [3.63, 3.8) is 0 Å². The molecule has 66 valence electrons. The Bertz CT molecular complexity index is 263. The first kappa shape index (κ1) is 9.58. The van der Waals surface area contributed by atoms with Crippen LogP contribution in [-0.2, 0) is 4.28 Å². The first-order valence-electron chi connectivity index (χ1n) is 3.76. The molecule has 0 heterocycles. The van der Waals surface area contributed by atoms with Crippen molar-refractivity contribution in [3.05, 3.63) is 28.8 Å². The summed E-state index contributed by atoms with van der Waals surface area (Å²) in [4.78, 5) is 1.11. The minimum absolute atomic E-state index is 1.11. The van der Waals surface area contributed by atoms with Crippen LogP contribution in [0.15, 0.2) is 17.0 Å². The number of hydrogen-bond donors (Lipinski definition) is 1. The number of nitrogens with two attached hydrogens (primary N) is 1. The van der Waals surface area contributed by atoms with E-state index in [1.165, 1.54) is 28.7 Å². The SMILES string of the molecule is Cc1cc(C)c(SON)c(C)c1. The van der Waals surface area contributed by atoms with Gasteiger partial charge in [-0.25, -0.2) is 10.2 Å². The summed E-state index contributed by atoms with van der Waals surface area (Å²) in [7, 11) is 0. The molecule has 0 aliphatic heterocycles. The third-order valence-corrected chi connectivity index (χ3v) is 2.64. The predicted molar refractivity (Wildman–Crippen MR) is 51.8 cm³/mol. The Morgan fingerprint density at radius 3 is 2.08 bits per heavy atom. The third kappa shape index (κ3) is 2.00. The molecule has 0 saturated heterocycles. The fourth-order valence-corrected chi connectivity index (χ4v) is 1.82. The lowest BCUT2D eigenvalue weighted by Gasteiger charge is -2.07. The fraction of sp³-hybridized carbons (Fsp3) is 0.333. The van der Waals surface area contributed by atoms with Crippen molar-refractivity contribution in [2.45, 2.75) is 25.7 Å². The summed E-state index contributed by atoms with van der Waals surface area (Å²) in [6, 6.07) is 4.24. The second-order valence-electron chi connectivity index (χ2n) is 2.91. The van der Waals surface area contributed by atoms with Crippen LogP contribution in [0.5, 0.6) is 0 Å². The Balaban J connectivity index is 3.10. The Kier molecular flexibility index (Phi) is 3.14. The molecule has 0 bridgehead atoms. The van der Waals surface area contributed by atoms with E-state index >= 15 is 0 Å². The van der Waals surface area contributed by atoms with Crippen LogP contribution in [-0.4, -0.2) is 0 Å². The van der Waals surface area contributed by atoms with Crippen molar-refractivity contribution in [3.8, 4) is 0 Å². The van der Waals surface area contributed by atoms with Gasteiger partial charge in [0.1, 0.15) is 0 Å². The summed E-state index contributed by atoms with van der Waals surface area (Å²) in [6.07, 6.45) is 0. The molecule has 0 radical (unpaired) electrons. The Labute approximate surface area is 77.3 Å². The lowest BCUT2D eigenvalue weighted by Crippen LogP contribution is -1.92. The first-order valence-corrected chi connectivity index (χ1v) is 4.50. The minimum atomic E-state index is 1.11. The van der Waals surface area contributed by atoms with Gasteiger partial charge in [-0.1, -0.05) is 17.7 Å². The van der Waals surface area contributed by atoms with E-state index in [-0.39, 0.29) is 0 Å². The molecule has 0 spiro atoms. The Hall–Kier alpha value is -0.510. The second-order valence-corrected chi connectivity index (χ2v) is 3.67. The summed E-state index contributed by atoms with van der Waals surface area (Å²) in [5.41, 5.74) is 3.69. The van der Waals surface area contributed by atoms with Crippen LogP contribution in [0.4, 0.5) is 0 Å². The first-order chi connectivity index (χ1) is 5.65. The van der Waals surface area contributed by atoms with Crippen LogP contribution in [0.2, 0.25) is 0 Å². The van der Waals surface area contributed by atoms with Gasteiger partial charge in [0.25, 0.3) is 0 Å². The second kappa shape index (κ2) is 3.94. The maximum atomic E-state index is 5.00. The molecule has 0 aromatic heterocycles. The maximum Gasteiger partial charge on any atom is 0.0527 e. The van der Waals surface area contributed by atoms with Crippen LogP contribution in [0.1, 0.15) is 16.7 Å². The highest BCUT2D eigenvalue weighted by atomic mass is 32.2. The number of benzene rings is 1. The van der Waals surface area contributed by atoms with Gasteiger partial charge in [0.2, 0.25) is 0 Å². The molecular weight excluding hydrogens is 170 g/mol. The summed E-state index contributed by atoms with van der Waals surface area (Å²) >= 11 is 1.21. The van der Waals surface area contributed by atoms with Crippen LogP contribution < -0.4 is 5.90 Å². The van der Waals surface area contributed by atoms with Crippen molar-refractivity contribution >= 4 is 12.0 Å². The molecule has 2 nitrogen and oxygen atoms in total. The molecule has 0 atom stereocenters. The number of hydrogen-bond acceptors (Lipinski definition) is 3. The molecule has 1 aromatic rings. The topological polar surface area (TPSA) is 35.2 Å². The Morgan fingerprint density at radius 2 is 1.67 bits per heavy atom. The van der Waals surface area contributed by atoms with Gasteiger partial charge in [-0.15, -0.1) is 0 Å². The zero-order valence-electron chi connectivity index (χ0n) is 7.55. The fourth-order valence-electron chi connectivity index (χ4n) is 1.35. The van der Waals surface area contributed by atoms with Crippen LogP contribution >= 0.6 is 12.0 Å². The molecule has 0 amide bonds. The molecule has 0 aliphatic rings. The average Bonchev–Trinajstić information content (AvgIpc) is 1.96. The van der Waals surface area contributed by atoms with Crippen molar-refractivity contribution < 1.29 is 4.28 Å². The highest BCUT2D eigenvalue weighted by Gasteiger charge is 2.03. The molecule has 3 heteroatoms. The molecule has 2 N–H and O–H groups in total. The normalized spacial score (nSPS) is 10.3. The molecule has 0 fully saturated rings. The van der Waals surface area contributed by atoms with Crippen molar-refractivity contribution in [1.29, 1.82) is 0 Å². The maximum absolute atomic E-state index is 5.00. The van der Waals surface area contributed by atoms with E-state index in [0.29, 0.717) is 0 Å². The van der Waals surface area contributed by atoms with Crippen molar-refractivity contribution in [1.82, 2.24) is 0 Å². The van der Waals surface area contributed by atoms with E-state index in [4.69, 9.17) is 5.90 Å². The van der Waals surface area contributed by atoms with E-state index in [0.717, 1.165) is 4.90 Å². The molecule has 1 aromatic carbocycles. The van der Waals surface area contributed by atoms with Gasteiger partial charge in [0.15, 0.2) is 0 Å². The molecule has 0 saturated carbocycles. The lowest BCUT2D eigenvalue weighted by molar-refractivity contribution is 0.398. The monoisotopic (exact) mass is 183 g/mol. The minimum Gasteiger partial charge on any atom is -0.229 e. The quantitative estimate of drug-likeness (QED) is 0.565. The zero-order chi connectivity index (χ0) is 9.14. The van der Waals surface area contributed by atoms with Crippen molar-refractivity contribution in [2.75, 3.05) is 0 Å². The highest BCUT2D eigenvalue weighted by Crippen LogP contribution is 2.26. The van der Waals surface area contributed by atoms with E-state index in [2.05, 4.69) is 37.2 Å². The number of rotatable bonds is 2. The van der Waals surface area contributed by atoms with E-state index < -0.39 is 0 Å². The van der Waals surface area contributed by atoms with Crippen molar-refractivity contribution in [2.24, 2.45) is 5.90 Å². The Morgan fingerprint density at radius 1 is 1.17 bits per heavy atom. The summed E-state index contributed by atoms with van der Waals surface area (Å²) in [5, 5.41) is 0. The summed E-state index contributed by atoms with van der Waals surface area (Å²) < 4.78 is 4.55. The third-order valence-electron chi connectivity index (χ3n) is 1.74. The van der Waals surface area contributed by atoms with E-state index in [9.17, 15) is 0 Å². The van der Waals surface area contributed by atoms with Crippen LogP contribution in [0.3, 0.4) is 0 Å². The standard InChI is InChI=1S/C9H13NOS/c1-6-4-7(2)9(12-11-10)8(3)5-6/h4-5H,10H2,1-3H3. The van der Waals surface area contributed by atoms with Gasteiger partial charge in [-0.05, 0) is 31.9 Å². The average molecular weight is 183 g/mol. The molecule has 0 unspecified atom stereocenters. The highest BCUT2D eigenvalue weighted by molar-refractivity contribution is 7.94. The van der Waals surface area contributed by atoms with Gasteiger partial charge in [0.05, 0.1) is 12.0 Å².